The number of carbonyl (C=O) groups is 1. The predicted molar refractivity (Wildman–Crippen MR) is 92.8 cm³/mol. The molecule has 2 rings (SSSR count). The van der Waals surface area contributed by atoms with Crippen LogP contribution in [0.15, 0.2) is 42.5 Å². The van der Waals surface area contributed by atoms with Crippen molar-refractivity contribution in [2.45, 2.75) is 19.9 Å². The number of hydrogen-bond acceptors (Lipinski definition) is 4. The lowest BCUT2D eigenvalue weighted by atomic mass is 10.1. The monoisotopic (exact) mass is 329 g/mol. The average molecular weight is 329 g/mol. The molecule has 0 aliphatic rings. The number of benzene rings is 2. The number of carbonyl (C=O) groups excluding carboxylic acids is 1. The molecule has 5 heteroatoms. The molecule has 2 aromatic rings. The van der Waals surface area contributed by atoms with Gasteiger partial charge in [-0.1, -0.05) is 29.8 Å². The van der Waals surface area contributed by atoms with Crippen molar-refractivity contribution in [2.24, 2.45) is 0 Å². The summed E-state index contributed by atoms with van der Waals surface area (Å²) in [6, 6.07) is 13.1. The first kappa shape index (κ1) is 17.7. The third-order valence-corrected chi connectivity index (χ3v) is 3.65. The van der Waals surface area contributed by atoms with Gasteiger partial charge in [-0.05, 0) is 19.4 Å². The standard InChI is InChI=1S/C19H23NO4/c1-13-5-7-15(8-6-13)14(2)20-19(21)12-24-18-10-16(22-3)9-17(11-18)23-4/h5-11,14H,12H2,1-4H3,(H,20,21)/t14-/m1/s1. The van der Waals surface area contributed by atoms with Crippen molar-refractivity contribution in [3.05, 3.63) is 53.6 Å². The molecule has 1 amide bonds. The maximum atomic E-state index is 12.1. The molecule has 0 aliphatic heterocycles. The Labute approximate surface area is 142 Å². The quantitative estimate of drug-likeness (QED) is 0.847. The smallest absolute Gasteiger partial charge is 0.258 e. The molecule has 0 spiro atoms. The van der Waals surface area contributed by atoms with E-state index in [1.807, 2.05) is 38.1 Å². The fourth-order valence-corrected chi connectivity index (χ4v) is 2.24. The van der Waals surface area contributed by atoms with Gasteiger partial charge < -0.3 is 19.5 Å². The molecule has 0 saturated heterocycles. The summed E-state index contributed by atoms with van der Waals surface area (Å²) < 4.78 is 15.9. The molecule has 2 aromatic carbocycles. The molecule has 24 heavy (non-hydrogen) atoms. The molecule has 0 aliphatic carbocycles. The molecule has 0 aromatic heterocycles. The van der Waals surface area contributed by atoms with E-state index in [0.29, 0.717) is 17.2 Å². The first-order valence-electron chi connectivity index (χ1n) is 7.73. The maximum Gasteiger partial charge on any atom is 0.258 e. The third kappa shape index (κ3) is 4.91. The van der Waals surface area contributed by atoms with Crippen LogP contribution in [0.25, 0.3) is 0 Å². The lowest BCUT2D eigenvalue weighted by molar-refractivity contribution is -0.123. The Bertz CT molecular complexity index is 660. The van der Waals surface area contributed by atoms with Gasteiger partial charge in [0.15, 0.2) is 6.61 Å². The van der Waals surface area contributed by atoms with Crippen LogP contribution in [0.4, 0.5) is 0 Å². The molecule has 0 radical (unpaired) electrons. The van der Waals surface area contributed by atoms with Crippen molar-refractivity contribution in [2.75, 3.05) is 20.8 Å². The molecule has 1 N–H and O–H groups in total. The van der Waals surface area contributed by atoms with Crippen LogP contribution in [0.1, 0.15) is 24.1 Å². The minimum Gasteiger partial charge on any atom is -0.496 e. The van der Waals surface area contributed by atoms with Gasteiger partial charge in [-0.15, -0.1) is 0 Å². The predicted octanol–water partition coefficient (Wildman–Crippen LogP) is 3.27. The van der Waals surface area contributed by atoms with E-state index in [1.165, 1.54) is 5.56 Å². The van der Waals surface area contributed by atoms with E-state index in [9.17, 15) is 4.79 Å². The summed E-state index contributed by atoms with van der Waals surface area (Å²) >= 11 is 0. The van der Waals surface area contributed by atoms with Crippen LogP contribution >= 0.6 is 0 Å². The van der Waals surface area contributed by atoms with E-state index < -0.39 is 0 Å². The highest BCUT2D eigenvalue weighted by atomic mass is 16.5. The highest BCUT2D eigenvalue weighted by Gasteiger charge is 2.11. The van der Waals surface area contributed by atoms with Gasteiger partial charge in [-0.3, -0.25) is 4.79 Å². The van der Waals surface area contributed by atoms with Crippen LogP contribution < -0.4 is 19.5 Å². The molecule has 128 valence electrons. The topological polar surface area (TPSA) is 56.8 Å². The number of aryl methyl sites for hydroxylation is 1. The molecule has 0 saturated carbocycles. The lowest BCUT2D eigenvalue weighted by Crippen LogP contribution is -2.31. The van der Waals surface area contributed by atoms with Crippen molar-refractivity contribution >= 4 is 5.91 Å². The molecule has 0 heterocycles. The van der Waals surface area contributed by atoms with Gasteiger partial charge in [0, 0.05) is 18.2 Å². The summed E-state index contributed by atoms with van der Waals surface area (Å²) in [6.45, 7) is 3.90. The van der Waals surface area contributed by atoms with E-state index in [4.69, 9.17) is 14.2 Å². The average Bonchev–Trinajstić information content (AvgIpc) is 2.60. The maximum absolute atomic E-state index is 12.1. The third-order valence-electron chi connectivity index (χ3n) is 3.65. The zero-order valence-corrected chi connectivity index (χ0v) is 14.5. The number of methoxy groups -OCH3 is 2. The van der Waals surface area contributed by atoms with E-state index in [0.717, 1.165) is 5.56 Å². The molecule has 5 nitrogen and oxygen atoms in total. The van der Waals surface area contributed by atoms with Gasteiger partial charge in [0.05, 0.1) is 20.3 Å². The van der Waals surface area contributed by atoms with Crippen molar-refractivity contribution in [3.8, 4) is 17.2 Å². The van der Waals surface area contributed by atoms with E-state index >= 15 is 0 Å². The number of rotatable bonds is 7. The molecular formula is C19H23NO4. The fraction of sp³-hybridized carbons (Fsp3) is 0.316. The second-order valence-electron chi connectivity index (χ2n) is 5.54. The minimum absolute atomic E-state index is 0.0769. The van der Waals surface area contributed by atoms with Gasteiger partial charge in [0.2, 0.25) is 0 Å². The number of nitrogens with one attached hydrogen (secondary N) is 1. The van der Waals surface area contributed by atoms with E-state index in [-0.39, 0.29) is 18.6 Å². The normalized spacial score (nSPS) is 11.5. The summed E-state index contributed by atoms with van der Waals surface area (Å²) in [5, 5.41) is 2.92. The van der Waals surface area contributed by atoms with Crippen molar-refractivity contribution in [3.63, 3.8) is 0 Å². The molecule has 0 fully saturated rings. The summed E-state index contributed by atoms with van der Waals surface area (Å²) in [5.41, 5.74) is 2.24. The second kappa shape index (κ2) is 8.24. The van der Waals surface area contributed by atoms with Gasteiger partial charge in [-0.25, -0.2) is 0 Å². The second-order valence-corrected chi connectivity index (χ2v) is 5.54. The molecular weight excluding hydrogens is 306 g/mol. The van der Waals surface area contributed by atoms with Crippen molar-refractivity contribution < 1.29 is 19.0 Å². The van der Waals surface area contributed by atoms with Crippen LogP contribution in [0.3, 0.4) is 0 Å². The molecule has 1 atom stereocenters. The zero-order valence-electron chi connectivity index (χ0n) is 14.5. The Kier molecular flexibility index (Phi) is 6.07. The first-order chi connectivity index (χ1) is 11.5. The largest absolute Gasteiger partial charge is 0.496 e. The fourth-order valence-electron chi connectivity index (χ4n) is 2.24. The summed E-state index contributed by atoms with van der Waals surface area (Å²) in [4.78, 5) is 12.1. The number of hydrogen-bond donors (Lipinski definition) is 1. The number of amides is 1. The van der Waals surface area contributed by atoms with Gasteiger partial charge in [0.25, 0.3) is 5.91 Å². The van der Waals surface area contributed by atoms with Crippen LogP contribution in [0, 0.1) is 6.92 Å². The Morgan fingerprint density at radius 1 is 1.00 bits per heavy atom. The van der Waals surface area contributed by atoms with Gasteiger partial charge in [-0.2, -0.15) is 0 Å². The Balaban J connectivity index is 1.92. The first-order valence-corrected chi connectivity index (χ1v) is 7.73. The summed E-state index contributed by atoms with van der Waals surface area (Å²) in [6.07, 6.45) is 0. The lowest BCUT2D eigenvalue weighted by Gasteiger charge is -2.15. The van der Waals surface area contributed by atoms with E-state index in [2.05, 4.69) is 5.32 Å². The van der Waals surface area contributed by atoms with Crippen LogP contribution in [0.5, 0.6) is 17.2 Å². The Morgan fingerprint density at radius 2 is 1.54 bits per heavy atom. The highest BCUT2D eigenvalue weighted by molar-refractivity contribution is 5.78. The van der Waals surface area contributed by atoms with Crippen LogP contribution in [-0.2, 0) is 4.79 Å². The minimum atomic E-state index is -0.190. The van der Waals surface area contributed by atoms with Crippen molar-refractivity contribution in [1.29, 1.82) is 0 Å². The van der Waals surface area contributed by atoms with Gasteiger partial charge >= 0.3 is 0 Å². The zero-order chi connectivity index (χ0) is 17.5. The number of ether oxygens (including phenoxy) is 3. The molecule has 0 bridgehead atoms. The van der Waals surface area contributed by atoms with Crippen LogP contribution in [0.2, 0.25) is 0 Å². The summed E-state index contributed by atoms with van der Waals surface area (Å²) in [7, 11) is 3.13. The van der Waals surface area contributed by atoms with E-state index in [1.54, 1.807) is 32.4 Å². The molecule has 0 unspecified atom stereocenters. The van der Waals surface area contributed by atoms with Crippen molar-refractivity contribution in [1.82, 2.24) is 5.32 Å². The van der Waals surface area contributed by atoms with Crippen LogP contribution in [-0.4, -0.2) is 26.7 Å². The summed E-state index contributed by atoms with van der Waals surface area (Å²) in [5.74, 6) is 1.55. The Hall–Kier alpha value is -2.69. The highest BCUT2D eigenvalue weighted by Crippen LogP contribution is 2.27. The SMILES string of the molecule is COc1cc(OC)cc(OCC(=O)N[C@H](C)c2ccc(C)cc2)c1. The van der Waals surface area contributed by atoms with Gasteiger partial charge in [0.1, 0.15) is 17.2 Å². The Morgan fingerprint density at radius 3 is 2.08 bits per heavy atom.